The lowest BCUT2D eigenvalue weighted by Crippen LogP contribution is -2.10. The number of rotatable bonds is 9. The van der Waals surface area contributed by atoms with Crippen molar-refractivity contribution in [3.63, 3.8) is 0 Å². The maximum absolute atomic E-state index is 11.9. The predicted octanol–water partition coefficient (Wildman–Crippen LogP) is 3.34. The maximum atomic E-state index is 11.9. The Morgan fingerprint density at radius 1 is 1.12 bits per heavy atom. The first-order valence-corrected chi connectivity index (χ1v) is 8.65. The fourth-order valence-electron chi connectivity index (χ4n) is 1.98. The van der Waals surface area contributed by atoms with Crippen LogP contribution in [0.1, 0.15) is 5.56 Å². The van der Waals surface area contributed by atoms with Crippen molar-refractivity contribution in [3.05, 3.63) is 59.5 Å². The van der Waals surface area contributed by atoms with Crippen molar-refractivity contribution >= 4 is 23.0 Å². The van der Waals surface area contributed by atoms with Gasteiger partial charge in [-0.3, -0.25) is 4.79 Å². The Labute approximate surface area is 151 Å². The molecular weight excluding hydrogens is 338 g/mol. The number of methoxy groups -OCH3 is 1. The van der Waals surface area contributed by atoms with Gasteiger partial charge in [-0.25, -0.2) is 0 Å². The molecule has 2 N–H and O–H groups in total. The highest BCUT2D eigenvalue weighted by atomic mass is 32.2. The van der Waals surface area contributed by atoms with Crippen LogP contribution < -0.4 is 19.9 Å². The van der Waals surface area contributed by atoms with Crippen molar-refractivity contribution in [2.75, 3.05) is 26.9 Å². The van der Waals surface area contributed by atoms with E-state index in [9.17, 15) is 4.79 Å². The summed E-state index contributed by atoms with van der Waals surface area (Å²) in [6.45, 7) is 0.909. The third kappa shape index (κ3) is 6.52. The largest absolute Gasteiger partial charge is 0.493 e. The molecule has 0 atom stereocenters. The van der Waals surface area contributed by atoms with Crippen molar-refractivity contribution in [1.29, 1.82) is 0 Å². The van der Waals surface area contributed by atoms with Gasteiger partial charge in [0.1, 0.15) is 12.4 Å². The zero-order valence-corrected chi connectivity index (χ0v) is 14.8. The van der Waals surface area contributed by atoms with Crippen LogP contribution >= 0.6 is 11.8 Å². The lowest BCUT2D eigenvalue weighted by atomic mass is 10.2. The van der Waals surface area contributed by atoms with Crippen LogP contribution in [0, 0.1) is 0 Å². The second-order valence-corrected chi connectivity index (χ2v) is 5.90. The van der Waals surface area contributed by atoms with Gasteiger partial charge in [0.05, 0.1) is 7.11 Å². The highest BCUT2D eigenvalue weighted by Gasteiger charge is 2.06. The van der Waals surface area contributed by atoms with Crippen LogP contribution in [0.3, 0.4) is 0 Å². The Bertz CT molecular complexity index is 718. The Kier molecular flexibility index (Phi) is 7.88. The highest BCUT2D eigenvalue weighted by molar-refractivity contribution is 8.16. The van der Waals surface area contributed by atoms with Crippen LogP contribution in [-0.2, 0) is 4.79 Å². The molecule has 5 nitrogen and oxygen atoms in total. The topological polar surface area (TPSA) is 70.8 Å². The molecule has 2 aromatic carbocycles. The SMILES string of the molecule is COc1ccccc1OCC(=O)SC=Cc1cccc(OCCN)c1. The first-order valence-electron chi connectivity index (χ1n) is 7.77. The molecule has 2 rings (SSSR count). The van der Waals surface area contributed by atoms with Crippen molar-refractivity contribution in [2.24, 2.45) is 5.73 Å². The van der Waals surface area contributed by atoms with E-state index in [4.69, 9.17) is 19.9 Å². The molecule has 0 fully saturated rings. The van der Waals surface area contributed by atoms with E-state index in [0.717, 1.165) is 23.1 Å². The number of ether oxygens (including phenoxy) is 3. The van der Waals surface area contributed by atoms with Crippen molar-refractivity contribution in [3.8, 4) is 17.2 Å². The van der Waals surface area contributed by atoms with E-state index in [0.29, 0.717) is 24.7 Å². The Morgan fingerprint density at radius 2 is 1.92 bits per heavy atom. The molecule has 0 aliphatic rings. The predicted molar refractivity (Wildman–Crippen MR) is 101 cm³/mol. The first-order chi connectivity index (χ1) is 12.2. The van der Waals surface area contributed by atoms with Crippen LogP contribution in [-0.4, -0.2) is 32.0 Å². The van der Waals surface area contributed by atoms with E-state index >= 15 is 0 Å². The van der Waals surface area contributed by atoms with E-state index < -0.39 is 0 Å². The molecule has 2 aromatic rings. The molecule has 0 heterocycles. The van der Waals surface area contributed by atoms with Crippen LogP contribution in [0.25, 0.3) is 6.08 Å². The molecule has 0 unspecified atom stereocenters. The summed E-state index contributed by atoms with van der Waals surface area (Å²) < 4.78 is 16.1. The normalized spacial score (nSPS) is 10.6. The minimum absolute atomic E-state index is 0.0327. The lowest BCUT2D eigenvalue weighted by molar-refractivity contribution is -0.112. The summed E-state index contributed by atoms with van der Waals surface area (Å²) in [6.07, 6.45) is 1.85. The summed E-state index contributed by atoms with van der Waals surface area (Å²) in [5, 5.41) is 1.63. The van der Waals surface area contributed by atoms with Gasteiger partial charge in [0.2, 0.25) is 5.12 Å². The summed E-state index contributed by atoms with van der Waals surface area (Å²) in [5.41, 5.74) is 6.36. The van der Waals surface area contributed by atoms with Gasteiger partial charge in [-0.2, -0.15) is 0 Å². The molecule has 0 aliphatic carbocycles. The Morgan fingerprint density at radius 3 is 2.68 bits per heavy atom. The average molecular weight is 359 g/mol. The van der Waals surface area contributed by atoms with Gasteiger partial charge in [0.15, 0.2) is 18.1 Å². The quantitative estimate of drug-likeness (QED) is 0.740. The van der Waals surface area contributed by atoms with Crippen LogP contribution in [0.15, 0.2) is 53.9 Å². The zero-order valence-electron chi connectivity index (χ0n) is 14.0. The van der Waals surface area contributed by atoms with Gasteiger partial charge in [0.25, 0.3) is 0 Å². The fourth-order valence-corrected chi connectivity index (χ4v) is 2.49. The Balaban J connectivity index is 1.82. The van der Waals surface area contributed by atoms with E-state index in [1.54, 1.807) is 24.7 Å². The number of thioether (sulfide) groups is 1. The molecule has 0 bridgehead atoms. The molecule has 0 saturated heterocycles. The molecule has 0 amide bonds. The van der Waals surface area contributed by atoms with E-state index in [1.807, 2.05) is 42.5 Å². The molecule has 132 valence electrons. The minimum Gasteiger partial charge on any atom is -0.493 e. The molecule has 0 spiro atoms. The number of carbonyl (C=O) groups excluding carboxylic acids is 1. The minimum atomic E-state index is -0.0994. The second kappa shape index (κ2) is 10.4. The second-order valence-electron chi connectivity index (χ2n) is 4.94. The number of para-hydroxylation sites is 2. The molecule has 6 heteroatoms. The average Bonchev–Trinajstić information content (AvgIpc) is 2.65. The van der Waals surface area contributed by atoms with Crippen molar-refractivity contribution < 1.29 is 19.0 Å². The molecular formula is C19H21NO4S. The number of hydrogen-bond acceptors (Lipinski definition) is 6. The van der Waals surface area contributed by atoms with Crippen LogP contribution in [0.5, 0.6) is 17.2 Å². The standard InChI is InChI=1S/C19H21NO4S/c1-22-17-7-2-3-8-18(17)24-14-19(21)25-12-9-15-5-4-6-16(13-15)23-11-10-20/h2-9,12-13H,10-11,14,20H2,1H3. The molecule has 25 heavy (non-hydrogen) atoms. The van der Waals surface area contributed by atoms with Gasteiger partial charge in [-0.05, 0) is 41.3 Å². The van der Waals surface area contributed by atoms with E-state index in [-0.39, 0.29) is 11.7 Å². The van der Waals surface area contributed by atoms with Gasteiger partial charge in [-0.15, -0.1) is 0 Å². The van der Waals surface area contributed by atoms with E-state index in [1.165, 1.54) is 0 Å². The van der Waals surface area contributed by atoms with Gasteiger partial charge in [-0.1, -0.05) is 36.0 Å². The van der Waals surface area contributed by atoms with Crippen molar-refractivity contribution in [2.45, 2.75) is 0 Å². The fraction of sp³-hybridized carbons (Fsp3) is 0.211. The summed E-state index contributed by atoms with van der Waals surface area (Å²) in [4.78, 5) is 11.9. The number of nitrogens with two attached hydrogens (primary N) is 1. The highest BCUT2D eigenvalue weighted by Crippen LogP contribution is 2.26. The molecule has 0 radical (unpaired) electrons. The van der Waals surface area contributed by atoms with E-state index in [2.05, 4.69) is 0 Å². The summed E-state index contributed by atoms with van der Waals surface area (Å²) >= 11 is 1.08. The number of hydrogen-bond donors (Lipinski definition) is 1. The Hall–Kier alpha value is -2.44. The lowest BCUT2D eigenvalue weighted by Gasteiger charge is -2.08. The third-order valence-corrected chi connectivity index (χ3v) is 3.77. The first kappa shape index (κ1) is 18.9. The van der Waals surface area contributed by atoms with Gasteiger partial charge >= 0.3 is 0 Å². The molecule has 0 saturated carbocycles. The monoisotopic (exact) mass is 359 g/mol. The zero-order chi connectivity index (χ0) is 17.9. The van der Waals surface area contributed by atoms with Gasteiger partial charge < -0.3 is 19.9 Å². The van der Waals surface area contributed by atoms with Crippen molar-refractivity contribution in [1.82, 2.24) is 0 Å². The number of carbonyl (C=O) groups is 1. The van der Waals surface area contributed by atoms with Crippen LogP contribution in [0.4, 0.5) is 0 Å². The molecule has 0 aromatic heterocycles. The number of benzene rings is 2. The smallest absolute Gasteiger partial charge is 0.230 e. The third-order valence-electron chi connectivity index (χ3n) is 3.12. The van der Waals surface area contributed by atoms with Crippen LogP contribution in [0.2, 0.25) is 0 Å². The summed E-state index contributed by atoms with van der Waals surface area (Å²) in [6, 6.07) is 14.8. The maximum Gasteiger partial charge on any atom is 0.230 e. The summed E-state index contributed by atoms with van der Waals surface area (Å²) in [5.74, 6) is 1.90. The summed E-state index contributed by atoms with van der Waals surface area (Å²) in [7, 11) is 1.56. The molecule has 0 aliphatic heterocycles. The van der Waals surface area contributed by atoms with Gasteiger partial charge in [0, 0.05) is 6.54 Å².